The van der Waals surface area contributed by atoms with E-state index < -0.39 is 11.9 Å². The van der Waals surface area contributed by atoms with Gasteiger partial charge in [-0.1, -0.05) is 35.9 Å². The number of nitrogens with one attached hydrogen (secondary N) is 1. The molecule has 0 unspecified atom stereocenters. The van der Waals surface area contributed by atoms with Crippen LogP contribution in [0.15, 0.2) is 59.8 Å². The highest BCUT2D eigenvalue weighted by Crippen LogP contribution is 2.36. The Balaban J connectivity index is 1.86. The molecule has 7 nitrogen and oxygen atoms in total. The standard InChI is InChI=1S/C21H21N5O2/c1-12-5-4-6-15(11-12)20-24-21-23-13(2)17(19(22)27)18(26(21)25-20)14-7-9-16(28-3)10-8-14/h4-11,18H,1-3H3,(H2,22,27)(H,23,24,25)/t18-/m0/s1. The normalized spacial score (nSPS) is 15.8. The Morgan fingerprint density at radius 1 is 1.18 bits per heavy atom. The Kier molecular flexibility index (Phi) is 4.35. The van der Waals surface area contributed by atoms with Gasteiger partial charge in [-0.3, -0.25) is 4.79 Å². The summed E-state index contributed by atoms with van der Waals surface area (Å²) in [6.07, 6.45) is 0. The molecule has 3 aromatic rings. The highest BCUT2D eigenvalue weighted by molar-refractivity contribution is 5.95. The summed E-state index contributed by atoms with van der Waals surface area (Å²) in [5.74, 6) is 1.39. The Morgan fingerprint density at radius 3 is 2.57 bits per heavy atom. The Hall–Kier alpha value is -3.61. The van der Waals surface area contributed by atoms with Gasteiger partial charge in [-0.05, 0) is 37.6 Å². The van der Waals surface area contributed by atoms with E-state index in [9.17, 15) is 4.79 Å². The lowest BCUT2D eigenvalue weighted by molar-refractivity contribution is -0.115. The number of hydrogen-bond donors (Lipinski definition) is 2. The first kappa shape index (κ1) is 17.8. The molecule has 4 rings (SSSR count). The molecule has 0 saturated carbocycles. The maximum Gasteiger partial charge on any atom is 0.248 e. The summed E-state index contributed by atoms with van der Waals surface area (Å²) in [6.45, 7) is 3.84. The Labute approximate surface area is 162 Å². The van der Waals surface area contributed by atoms with Crippen molar-refractivity contribution in [3.63, 3.8) is 0 Å². The molecule has 0 radical (unpaired) electrons. The Bertz CT molecular complexity index is 1080. The smallest absolute Gasteiger partial charge is 0.248 e. The second-order valence-electron chi connectivity index (χ2n) is 6.78. The lowest BCUT2D eigenvalue weighted by Gasteiger charge is -2.27. The number of allylic oxidation sites excluding steroid dienone is 1. The largest absolute Gasteiger partial charge is 0.497 e. The van der Waals surface area contributed by atoms with Crippen molar-refractivity contribution in [2.24, 2.45) is 5.73 Å². The average Bonchev–Trinajstić information content (AvgIpc) is 3.10. The van der Waals surface area contributed by atoms with Crippen molar-refractivity contribution >= 4 is 11.9 Å². The molecule has 28 heavy (non-hydrogen) atoms. The number of hydrogen-bond acceptors (Lipinski definition) is 5. The van der Waals surface area contributed by atoms with Crippen LogP contribution in [-0.2, 0) is 4.79 Å². The van der Waals surface area contributed by atoms with Crippen LogP contribution in [0, 0.1) is 6.92 Å². The Morgan fingerprint density at radius 2 is 1.93 bits per heavy atom. The van der Waals surface area contributed by atoms with Crippen molar-refractivity contribution < 1.29 is 9.53 Å². The SMILES string of the molecule is COc1ccc([C@H]2C(C(N)=O)=C(C)Nc3nc(-c4cccc(C)c4)nn32)cc1. The van der Waals surface area contributed by atoms with Gasteiger partial charge in [-0.2, -0.15) is 4.98 Å². The van der Waals surface area contributed by atoms with Gasteiger partial charge in [0.1, 0.15) is 11.8 Å². The predicted molar refractivity (Wildman–Crippen MR) is 107 cm³/mol. The summed E-state index contributed by atoms with van der Waals surface area (Å²) in [6, 6.07) is 15.0. The van der Waals surface area contributed by atoms with E-state index in [2.05, 4.69) is 10.3 Å². The number of primary amides is 1. The number of ether oxygens (including phenoxy) is 1. The zero-order valence-electron chi connectivity index (χ0n) is 15.9. The van der Waals surface area contributed by atoms with Crippen LogP contribution in [0.2, 0.25) is 0 Å². The van der Waals surface area contributed by atoms with Crippen molar-refractivity contribution in [1.29, 1.82) is 0 Å². The molecule has 1 aliphatic heterocycles. The van der Waals surface area contributed by atoms with E-state index in [1.165, 1.54) is 0 Å². The van der Waals surface area contributed by atoms with Gasteiger partial charge in [-0.15, -0.1) is 5.10 Å². The van der Waals surface area contributed by atoms with Crippen LogP contribution in [0.4, 0.5) is 5.95 Å². The fourth-order valence-corrected chi connectivity index (χ4v) is 3.47. The molecule has 1 amide bonds. The number of methoxy groups -OCH3 is 1. The molecular weight excluding hydrogens is 354 g/mol. The third kappa shape index (κ3) is 3.00. The van der Waals surface area contributed by atoms with Crippen LogP contribution in [-0.4, -0.2) is 27.8 Å². The second-order valence-corrected chi connectivity index (χ2v) is 6.78. The summed E-state index contributed by atoms with van der Waals surface area (Å²) in [5, 5.41) is 7.86. The average molecular weight is 375 g/mol. The lowest BCUT2D eigenvalue weighted by atomic mass is 9.95. The molecule has 7 heteroatoms. The van der Waals surface area contributed by atoms with Crippen LogP contribution in [0.5, 0.6) is 5.75 Å². The maximum atomic E-state index is 12.2. The number of aromatic nitrogens is 3. The van der Waals surface area contributed by atoms with Gasteiger partial charge < -0.3 is 15.8 Å². The van der Waals surface area contributed by atoms with E-state index in [1.807, 2.05) is 62.4 Å². The molecule has 1 aliphatic rings. The van der Waals surface area contributed by atoms with E-state index in [0.29, 0.717) is 23.0 Å². The number of rotatable bonds is 4. The highest BCUT2D eigenvalue weighted by atomic mass is 16.5. The zero-order chi connectivity index (χ0) is 19.8. The molecule has 2 heterocycles. The molecule has 0 saturated heterocycles. The number of amides is 1. The van der Waals surface area contributed by atoms with Crippen LogP contribution < -0.4 is 15.8 Å². The van der Waals surface area contributed by atoms with E-state index in [0.717, 1.165) is 22.4 Å². The van der Waals surface area contributed by atoms with E-state index in [-0.39, 0.29) is 0 Å². The van der Waals surface area contributed by atoms with Crippen molar-refractivity contribution in [2.45, 2.75) is 19.9 Å². The minimum atomic E-state index is -0.496. The minimum Gasteiger partial charge on any atom is -0.497 e. The van der Waals surface area contributed by atoms with Crippen molar-refractivity contribution in [1.82, 2.24) is 14.8 Å². The van der Waals surface area contributed by atoms with Gasteiger partial charge in [0.25, 0.3) is 0 Å². The third-order valence-corrected chi connectivity index (χ3v) is 4.83. The topological polar surface area (TPSA) is 95.1 Å². The van der Waals surface area contributed by atoms with E-state index >= 15 is 0 Å². The number of anilines is 1. The molecule has 1 atom stereocenters. The summed E-state index contributed by atoms with van der Waals surface area (Å²) < 4.78 is 6.96. The van der Waals surface area contributed by atoms with Crippen LogP contribution in [0.1, 0.15) is 24.1 Å². The number of carbonyl (C=O) groups excluding carboxylic acids is 1. The summed E-state index contributed by atoms with van der Waals surface area (Å²) in [7, 11) is 1.61. The molecule has 0 bridgehead atoms. The molecular formula is C21H21N5O2. The van der Waals surface area contributed by atoms with Crippen molar-refractivity contribution in [3.05, 3.63) is 70.9 Å². The van der Waals surface area contributed by atoms with Crippen molar-refractivity contribution in [2.75, 3.05) is 12.4 Å². The van der Waals surface area contributed by atoms with Crippen LogP contribution >= 0.6 is 0 Å². The fourth-order valence-electron chi connectivity index (χ4n) is 3.47. The van der Waals surface area contributed by atoms with Gasteiger partial charge in [-0.25, -0.2) is 4.68 Å². The van der Waals surface area contributed by atoms with Gasteiger partial charge in [0.15, 0.2) is 5.82 Å². The number of nitrogens with two attached hydrogens (primary N) is 1. The van der Waals surface area contributed by atoms with E-state index in [1.54, 1.807) is 11.8 Å². The first-order valence-electron chi connectivity index (χ1n) is 8.93. The van der Waals surface area contributed by atoms with E-state index in [4.69, 9.17) is 15.6 Å². The fraction of sp³-hybridized carbons (Fsp3) is 0.190. The minimum absolute atomic E-state index is 0.457. The van der Waals surface area contributed by atoms with Crippen LogP contribution in [0.3, 0.4) is 0 Å². The van der Waals surface area contributed by atoms with Gasteiger partial charge in [0, 0.05) is 11.3 Å². The monoisotopic (exact) mass is 375 g/mol. The number of nitrogens with zero attached hydrogens (tertiary/aromatic N) is 3. The molecule has 0 fully saturated rings. The second kappa shape index (κ2) is 6.84. The number of carbonyl (C=O) groups is 1. The molecule has 142 valence electrons. The number of fused-ring (bicyclic) bond motifs is 1. The van der Waals surface area contributed by atoms with Gasteiger partial charge in [0.2, 0.25) is 11.9 Å². The van der Waals surface area contributed by atoms with Gasteiger partial charge >= 0.3 is 0 Å². The first-order chi connectivity index (χ1) is 13.5. The summed E-state index contributed by atoms with van der Waals surface area (Å²) in [5.41, 5.74) is 9.75. The van der Waals surface area contributed by atoms with Gasteiger partial charge in [0.05, 0.1) is 12.7 Å². The summed E-state index contributed by atoms with van der Waals surface area (Å²) >= 11 is 0. The molecule has 3 N–H and O–H groups in total. The highest BCUT2D eigenvalue weighted by Gasteiger charge is 2.33. The molecule has 1 aromatic heterocycles. The lowest BCUT2D eigenvalue weighted by Crippen LogP contribution is -2.31. The maximum absolute atomic E-state index is 12.2. The van der Waals surface area contributed by atoms with Crippen LogP contribution in [0.25, 0.3) is 11.4 Å². The number of benzene rings is 2. The number of aryl methyl sites for hydroxylation is 1. The quantitative estimate of drug-likeness (QED) is 0.731. The predicted octanol–water partition coefficient (Wildman–Crippen LogP) is 3.04. The zero-order valence-corrected chi connectivity index (χ0v) is 15.9. The van der Waals surface area contributed by atoms with Crippen molar-refractivity contribution in [3.8, 4) is 17.1 Å². The molecule has 2 aromatic carbocycles. The summed E-state index contributed by atoms with van der Waals surface area (Å²) in [4.78, 5) is 16.9. The first-order valence-corrected chi connectivity index (χ1v) is 8.93. The molecule has 0 aliphatic carbocycles. The molecule has 0 spiro atoms. The third-order valence-electron chi connectivity index (χ3n) is 4.83.